The molecule has 0 spiro atoms. The maximum atomic E-state index is 12.6. The van der Waals surface area contributed by atoms with Crippen LogP contribution in [0.2, 0.25) is 0 Å². The molecule has 14 heavy (non-hydrogen) atoms. The topological polar surface area (TPSA) is 65.2 Å². The van der Waals surface area contributed by atoms with Crippen LogP contribution >= 0.6 is 0 Å². The third-order valence-electron chi connectivity index (χ3n) is 1.36. The van der Waals surface area contributed by atoms with Gasteiger partial charge < -0.3 is 10.5 Å². The molecule has 1 heterocycles. The highest BCUT2D eigenvalue weighted by atomic mass is 19.1. The molecule has 0 aliphatic heterocycles. The monoisotopic (exact) mass is 194 g/mol. The molecule has 0 fully saturated rings. The fourth-order valence-corrected chi connectivity index (χ4v) is 0.707. The second kappa shape index (κ2) is 4.23. The van der Waals surface area contributed by atoms with Crippen molar-refractivity contribution in [3.63, 3.8) is 0 Å². The number of nitrogens with zero attached hydrogens (tertiary/aromatic N) is 1. The largest absolute Gasteiger partial charge is 0.459 e. The Morgan fingerprint density at radius 3 is 3.00 bits per heavy atom. The first-order valence-corrected chi connectivity index (χ1v) is 3.65. The van der Waals surface area contributed by atoms with Gasteiger partial charge in [0.25, 0.3) is 0 Å². The molecule has 0 aliphatic carbocycles. The average molecular weight is 194 g/mol. The second-order valence-corrected chi connectivity index (χ2v) is 2.31. The van der Waals surface area contributed by atoms with Crippen molar-refractivity contribution in [3.05, 3.63) is 23.8 Å². The van der Waals surface area contributed by atoms with Crippen LogP contribution in [0, 0.1) is 17.8 Å². The van der Waals surface area contributed by atoms with Crippen LogP contribution in [-0.2, 0) is 9.53 Å². The highest BCUT2D eigenvalue weighted by Crippen LogP contribution is 2.06. The first kappa shape index (κ1) is 9.99. The number of rotatable bonds is 0. The molecule has 72 valence electrons. The molecule has 2 N–H and O–H groups in total. The van der Waals surface area contributed by atoms with Crippen molar-refractivity contribution in [2.75, 3.05) is 12.8 Å². The second-order valence-electron chi connectivity index (χ2n) is 2.31. The maximum Gasteiger partial charge on any atom is 0.384 e. The highest BCUT2D eigenvalue weighted by molar-refractivity contribution is 5.89. The predicted octanol–water partition coefficient (Wildman–Crippen LogP) is 0.327. The van der Waals surface area contributed by atoms with E-state index in [1.807, 2.05) is 0 Å². The molecule has 0 aliphatic rings. The van der Waals surface area contributed by atoms with Crippen LogP contribution in [0.3, 0.4) is 0 Å². The fraction of sp³-hybridized carbons (Fsp3) is 0.111. The van der Waals surface area contributed by atoms with Gasteiger partial charge in [-0.2, -0.15) is 4.39 Å². The summed E-state index contributed by atoms with van der Waals surface area (Å²) in [7, 11) is 1.19. The molecule has 0 saturated heterocycles. The third-order valence-corrected chi connectivity index (χ3v) is 1.36. The van der Waals surface area contributed by atoms with Crippen LogP contribution in [0.25, 0.3) is 0 Å². The number of hydrogen-bond acceptors (Lipinski definition) is 4. The van der Waals surface area contributed by atoms with E-state index < -0.39 is 11.9 Å². The number of ether oxygens (including phenoxy) is 1. The number of methoxy groups -OCH3 is 1. The molecule has 0 radical (unpaired) electrons. The number of aromatic nitrogens is 1. The number of carbonyl (C=O) groups excluding carboxylic acids is 1. The fourth-order valence-electron chi connectivity index (χ4n) is 0.707. The Labute approximate surface area is 79.9 Å². The summed E-state index contributed by atoms with van der Waals surface area (Å²) in [5, 5.41) is 0. The molecule has 1 rings (SSSR count). The molecule has 0 bridgehead atoms. The standard InChI is InChI=1S/C9H7FN2O2/c1-14-9(13)5-3-7-6(11)2-4-8(10)12-7/h2,4H,11H2,1H3. The summed E-state index contributed by atoms with van der Waals surface area (Å²) >= 11 is 0. The first-order valence-electron chi connectivity index (χ1n) is 3.65. The van der Waals surface area contributed by atoms with Gasteiger partial charge in [-0.1, -0.05) is 0 Å². The smallest absolute Gasteiger partial charge is 0.384 e. The zero-order chi connectivity index (χ0) is 10.6. The molecule has 4 nitrogen and oxygen atoms in total. The van der Waals surface area contributed by atoms with Crippen LogP contribution < -0.4 is 5.73 Å². The minimum Gasteiger partial charge on any atom is -0.459 e. The number of nitrogen functional groups attached to an aromatic ring is 1. The SMILES string of the molecule is COC(=O)C#Cc1nc(F)ccc1N. The molecule has 5 heteroatoms. The highest BCUT2D eigenvalue weighted by Gasteiger charge is 1.99. The van der Waals surface area contributed by atoms with Crippen LogP contribution in [0.1, 0.15) is 5.69 Å². The quantitative estimate of drug-likeness (QED) is 0.367. The Kier molecular flexibility index (Phi) is 3.02. The summed E-state index contributed by atoms with van der Waals surface area (Å²) in [6.07, 6.45) is 0. The van der Waals surface area contributed by atoms with Crippen molar-refractivity contribution in [3.8, 4) is 11.8 Å². The molecule has 0 amide bonds. The van der Waals surface area contributed by atoms with Crippen LogP contribution in [0.5, 0.6) is 0 Å². The Morgan fingerprint density at radius 1 is 1.64 bits per heavy atom. The van der Waals surface area contributed by atoms with Crippen LogP contribution in [-0.4, -0.2) is 18.1 Å². The van der Waals surface area contributed by atoms with Gasteiger partial charge in [-0.25, -0.2) is 9.78 Å². The molecule has 0 atom stereocenters. The van der Waals surface area contributed by atoms with E-state index in [4.69, 9.17) is 5.73 Å². The zero-order valence-corrected chi connectivity index (χ0v) is 7.37. The van der Waals surface area contributed by atoms with Crippen molar-refractivity contribution >= 4 is 11.7 Å². The van der Waals surface area contributed by atoms with Crippen LogP contribution in [0.15, 0.2) is 12.1 Å². The van der Waals surface area contributed by atoms with Gasteiger partial charge in [0.1, 0.15) is 5.69 Å². The van der Waals surface area contributed by atoms with E-state index in [9.17, 15) is 9.18 Å². The van der Waals surface area contributed by atoms with Gasteiger partial charge in [0, 0.05) is 5.92 Å². The number of hydrogen-bond donors (Lipinski definition) is 1. The van der Waals surface area contributed by atoms with Gasteiger partial charge in [0.05, 0.1) is 12.8 Å². The Hall–Kier alpha value is -2.09. The van der Waals surface area contributed by atoms with Gasteiger partial charge in [0.15, 0.2) is 0 Å². The van der Waals surface area contributed by atoms with E-state index >= 15 is 0 Å². The van der Waals surface area contributed by atoms with Crippen molar-refractivity contribution in [2.45, 2.75) is 0 Å². The molecular formula is C9H7FN2O2. The molecule has 0 aromatic carbocycles. The number of carbonyl (C=O) groups is 1. The number of esters is 1. The average Bonchev–Trinajstić information content (AvgIpc) is 2.19. The molecule has 1 aromatic rings. The predicted molar refractivity (Wildman–Crippen MR) is 47.5 cm³/mol. The molecule has 0 unspecified atom stereocenters. The van der Waals surface area contributed by atoms with Gasteiger partial charge in [-0.3, -0.25) is 0 Å². The number of halogens is 1. The lowest BCUT2D eigenvalue weighted by atomic mass is 10.3. The Morgan fingerprint density at radius 2 is 2.36 bits per heavy atom. The lowest BCUT2D eigenvalue weighted by molar-refractivity contribution is -0.133. The van der Waals surface area contributed by atoms with E-state index in [2.05, 4.69) is 21.6 Å². The number of nitrogens with two attached hydrogens (primary N) is 1. The maximum absolute atomic E-state index is 12.6. The van der Waals surface area contributed by atoms with E-state index in [-0.39, 0.29) is 11.4 Å². The van der Waals surface area contributed by atoms with Gasteiger partial charge in [-0.15, -0.1) is 0 Å². The third kappa shape index (κ3) is 2.45. The van der Waals surface area contributed by atoms with Crippen molar-refractivity contribution < 1.29 is 13.9 Å². The summed E-state index contributed by atoms with van der Waals surface area (Å²) in [6, 6.07) is 2.43. The summed E-state index contributed by atoms with van der Waals surface area (Å²) in [5.41, 5.74) is 5.67. The van der Waals surface area contributed by atoms with E-state index in [1.54, 1.807) is 0 Å². The molecular weight excluding hydrogens is 187 g/mol. The van der Waals surface area contributed by atoms with E-state index in [1.165, 1.54) is 13.2 Å². The summed E-state index contributed by atoms with van der Waals surface area (Å²) in [5.74, 6) is 2.97. The van der Waals surface area contributed by atoms with Crippen molar-refractivity contribution in [1.29, 1.82) is 0 Å². The molecule has 1 aromatic heterocycles. The summed E-state index contributed by atoms with van der Waals surface area (Å²) < 4.78 is 16.9. The summed E-state index contributed by atoms with van der Waals surface area (Å²) in [4.78, 5) is 14.0. The Balaban J connectivity index is 3.00. The number of pyridine rings is 1. The number of anilines is 1. The van der Waals surface area contributed by atoms with Gasteiger partial charge >= 0.3 is 5.97 Å². The van der Waals surface area contributed by atoms with Gasteiger partial charge in [-0.05, 0) is 18.1 Å². The van der Waals surface area contributed by atoms with Crippen molar-refractivity contribution in [1.82, 2.24) is 4.98 Å². The molecule has 0 saturated carbocycles. The summed E-state index contributed by atoms with van der Waals surface area (Å²) in [6.45, 7) is 0. The van der Waals surface area contributed by atoms with E-state index in [0.717, 1.165) is 6.07 Å². The van der Waals surface area contributed by atoms with E-state index in [0.29, 0.717) is 0 Å². The van der Waals surface area contributed by atoms with Crippen molar-refractivity contribution in [2.24, 2.45) is 0 Å². The lowest BCUT2D eigenvalue weighted by Gasteiger charge is -1.95. The minimum absolute atomic E-state index is 0.0235. The van der Waals surface area contributed by atoms with Gasteiger partial charge in [0.2, 0.25) is 5.95 Å². The zero-order valence-electron chi connectivity index (χ0n) is 7.37. The lowest BCUT2D eigenvalue weighted by Crippen LogP contribution is -1.98. The Bertz CT molecular complexity index is 421. The first-order chi connectivity index (χ1) is 6.63. The minimum atomic E-state index is -0.726. The van der Waals surface area contributed by atoms with Crippen LogP contribution in [0.4, 0.5) is 10.1 Å². The normalized spacial score (nSPS) is 8.71.